The van der Waals surface area contributed by atoms with Gasteiger partial charge < -0.3 is 14.3 Å². The second kappa shape index (κ2) is 6.47. The van der Waals surface area contributed by atoms with Gasteiger partial charge in [0.1, 0.15) is 11.6 Å². The summed E-state index contributed by atoms with van der Waals surface area (Å²) in [5.74, 6) is 2.73. The van der Waals surface area contributed by atoms with Gasteiger partial charge in [0.15, 0.2) is 5.76 Å². The minimum Gasteiger partial charge on any atom is -0.455 e. The number of furan rings is 1. The Bertz CT molecular complexity index is 548. The van der Waals surface area contributed by atoms with Crippen molar-refractivity contribution >= 4 is 17.7 Å². The number of carbonyl (C=O) groups excluding carboxylic acids is 1. The molecule has 0 fully saturated rings. The number of aromatic nitrogens is 2. The number of aryl methyl sites for hydroxylation is 1. The van der Waals surface area contributed by atoms with E-state index in [2.05, 4.69) is 10.3 Å². The van der Waals surface area contributed by atoms with Crippen molar-refractivity contribution in [3.05, 3.63) is 41.9 Å². The molecule has 19 heavy (non-hydrogen) atoms. The number of hydrogen-bond acceptors (Lipinski definition) is 4. The number of nitrogens with one attached hydrogen (secondary N) is 1. The number of thioether (sulfide) groups is 1. The maximum absolute atomic E-state index is 11.8. The quantitative estimate of drug-likeness (QED) is 0.876. The van der Waals surface area contributed by atoms with Gasteiger partial charge in [-0.05, 0) is 18.4 Å². The van der Waals surface area contributed by atoms with Crippen LogP contribution in [0.25, 0.3) is 0 Å². The third kappa shape index (κ3) is 3.64. The van der Waals surface area contributed by atoms with E-state index in [0.717, 1.165) is 17.3 Å². The number of hydrogen-bond donors (Lipinski definition) is 1. The predicted octanol–water partition coefficient (Wildman–Crippen LogP) is 1.85. The van der Waals surface area contributed by atoms with Crippen molar-refractivity contribution < 1.29 is 9.21 Å². The molecular formula is C13H17N3O2S. The van der Waals surface area contributed by atoms with Gasteiger partial charge in [-0.1, -0.05) is 0 Å². The Kier molecular flexibility index (Phi) is 4.68. The van der Waals surface area contributed by atoms with Gasteiger partial charge in [0.05, 0.1) is 5.75 Å². The first-order valence-electron chi connectivity index (χ1n) is 6.02. The van der Waals surface area contributed by atoms with Crippen molar-refractivity contribution in [2.75, 3.05) is 12.8 Å². The Morgan fingerprint density at radius 2 is 2.37 bits per heavy atom. The van der Waals surface area contributed by atoms with Crippen LogP contribution in [0.15, 0.2) is 28.9 Å². The molecule has 2 rings (SSSR count). The van der Waals surface area contributed by atoms with E-state index in [0.29, 0.717) is 18.7 Å². The van der Waals surface area contributed by atoms with Crippen molar-refractivity contribution in [2.45, 2.75) is 12.2 Å². The zero-order valence-electron chi connectivity index (χ0n) is 11.0. The first kappa shape index (κ1) is 13.7. The smallest absolute Gasteiger partial charge is 0.287 e. The molecule has 0 aliphatic heterocycles. The van der Waals surface area contributed by atoms with Crippen LogP contribution in [0.1, 0.15) is 22.1 Å². The van der Waals surface area contributed by atoms with E-state index in [-0.39, 0.29) is 5.91 Å². The summed E-state index contributed by atoms with van der Waals surface area (Å²) in [6, 6.07) is 3.55. The van der Waals surface area contributed by atoms with E-state index in [1.807, 2.05) is 30.1 Å². The molecule has 0 aromatic carbocycles. The number of amides is 1. The molecule has 0 radical (unpaired) electrons. The Balaban J connectivity index is 1.82. The first-order valence-corrected chi connectivity index (χ1v) is 7.42. The highest BCUT2D eigenvalue weighted by atomic mass is 32.2. The van der Waals surface area contributed by atoms with Gasteiger partial charge in [-0.25, -0.2) is 4.98 Å². The molecule has 0 spiro atoms. The van der Waals surface area contributed by atoms with Crippen molar-refractivity contribution in [1.29, 1.82) is 0 Å². The molecule has 0 saturated carbocycles. The second-order valence-electron chi connectivity index (χ2n) is 4.16. The van der Waals surface area contributed by atoms with E-state index >= 15 is 0 Å². The molecule has 2 aromatic heterocycles. The molecule has 1 N–H and O–H groups in total. The first-order chi connectivity index (χ1) is 9.20. The van der Waals surface area contributed by atoms with Crippen LogP contribution in [0, 0.1) is 0 Å². The fourth-order valence-electron chi connectivity index (χ4n) is 1.73. The average Bonchev–Trinajstić information content (AvgIpc) is 3.00. The highest BCUT2D eigenvalue weighted by molar-refractivity contribution is 7.97. The van der Waals surface area contributed by atoms with E-state index in [1.165, 1.54) is 0 Å². The van der Waals surface area contributed by atoms with Crippen LogP contribution in [-0.2, 0) is 19.2 Å². The summed E-state index contributed by atoms with van der Waals surface area (Å²) in [4.78, 5) is 16.0. The normalized spacial score (nSPS) is 10.6. The average molecular weight is 279 g/mol. The number of rotatable bonds is 6. The minimum atomic E-state index is -0.179. The lowest BCUT2D eigenvalue weighted by molar-refractivity contribution is 0.0925. The van der Waals surface area contributed by atoms with Crippen molar-refractivity contribution in [3.63, 3.8) is 0 Å². The summed E-state index contributed by atoms with van der Waals surface area (Å²) in [6.07, 6.45) is 6.33. The molecule has 6 heteroatoms. The summed E-state index contributed by atoms with van der Waals surface area (Å²) in [6.45, 7) is 0.544. The fraction of sp³-hybridized carbons (Fsp3) is 0.385. The highest BCUT2D eigenvalue weighted by Crippen LogP contribution is 2.13. The van der Waals surface area contributed by atoms with Crippen LogP contribution in [0.5, 0.6) is 0 Å². The lowest BCUT2D eigenvalue weighted by Crippen LogP contribution is -2.25. The van der Waals surface area contributed by atoms with Crippen LogP contribution < -0.4 is 5.32 Å². The Morgan fingerprint density at radius 3 is 3.05 bits per heavy atom. The van der Waals surface area contributed by atoms with Crippen LogP contribution in [0.4, 0.5) is 0 Å². The molecule has 102 valence electrons. The summed E-state index contributed by atoms with van der Waals surface area (Å²) < 4.78 is 7.38. The van der Waals surface area contributed by atoms with Crippen LogP contribution in [0.2, 0.25) is 0 Å². The number of carbonyl (C=O) groups is 1. The minimum absolute atomic E-state index is 0.179. The predicted molar refractivity (Wildman–Crippen MR) is 75.2 cm³/mol. The molecule has 1 amide bonds. The van der Waals surface area contributed by atoms with Gasteiger partial charge in [-0.15, -0.1) is 0 Å². The van der Waals surface area contributed by atoms with Gasteiger partial charge in [-0.3, -0.25) is 4.79 Å². The van der Waals surface area contributed by atoms with E-state index in [1.54, 1.807) is 24.0 Å². The van der Waals surface area contributed by atoms with Gasteiger partial charge in [-0.2, -0.15) is 11.8 Å². The lowest BCUT2D eigenvalue weighted by Gasteiger charge is -2.03. The van der Waals surface area contributed by atoms with Gasteiger partial charge in [0, 0.05) is 32.4 Å². The van der Waals surface area contributed by atoms with Gasteiger partial charge in [0.2, 0.25) is 0 Å². The van der Waals surface area contributed by atoms with Crippen LogP contribution in [0.3, 0.4) is 0 Å². The molecule has 0 bridgehead atoms. The van der Waals surface area contributed by atoms with Gasteiger partial charge >= 0.3 is 0 Å². The zero-order valence-corrected chi connectivity index (χ0v) is 11.9. The van der Waals surface area contributed by atoms with E-state index in [4.69, 9.17) is 4.42 Å². The fourth-order valence-corrected chi connectivity index (χ4v) is 2.17. The second-order valence-corrected chi connectivity index (χ2v) is 5.03. The van der Waals surface area contributed by atoms with E-state index in [9.17, 15) is 4.79 Å². The maximum Gasteiger partial charge on any atom is 0.287 e. The molecular weight excluding hydrogens is 262 g/mol. The summed E-state index contributed by atoms with van der Waals surface area (Å²) >= 11 is 1.66. The SMILES string of the molecule is CSCc1ccc(C(=O)NCCc2nccn2C)o1. The largest absolute Gasteiger partial charge is 0.455 e. The Morgan fingerprint density at radius 1 is 1.53 bits per heavy atom. The highest BCUT2D eigenvalue weighted by Gasteiger charge is 2.10. The van der Waals surface area contributed by atoms with Crippen molar-refractivity contribution in [3.8, 4) is 0 Å². The maximum atomic E-state index is 11.8. The zero-order chi connectivity index (χ0) is 13.7. The lowest BCUT2D eigenvalue weighted by atomic mass is 10.3. The monoisotopic (exact) mass is 279 g/mol. The molecule has 0 saturated heterocycles. The molecule has 2 aromatic rings. The van der Waals surface area contributed by atoms with Crippen molar-refractivity contribution in [2.24, 2.45) is 7.05 Å². The van der Waals surface area contributed by atoms with Crippen LogP contribution >= 0.6 is 11.8 Å². The van der Waals surface area contributed by atoms with Gasteiger partial charge in [0.25, 0.3) is 5.91 Å². The third-order valence-corrected chi connectivity index (χ3v) is 3.30. The molecule has 0 atom stereocenters. The topological polar surface area (TPSA) is 60.1 Å². The molecule has 0 aliphatic carbocycles. The number of nitrogens with zero attached hydrogens (tertiary/aromatic N) is 2. The van der Waals surface area contributed by atoms with Crippen LogP contribution in [-0.4, -0.2) is 28.3 Å². The molecule has 0 unspecified atom stereocenters. The molecule has 5 nitrogen and oxygen atoms in total. The Hall–Kier alpha value is -1.69. The third-order valence-electron chi connectivity index (χ3n) is 2.73. The standard InChI is InChI=1S/C13H17N3O2S/c1-16-8-7-14-12(16)5-6-15-13(17)11-4-3-10(18-11)9-19-2/h3-4,7-8H,5-6,9H2,1-2H3,(H,15,17). The number of imidazole rings is 1. The summed E-state index contributed by atoms with van der Waals surface area (Å²) in [5, 5.41) is 2.83. The Labute approximate surface area is 116 Å². The van der Waals surface area contributed by atoms with Crippen molar-refractivity contribution in [1.82, 2.24) is 14.9 Å². The summed E-state index contributed by atoms with van der Waals surface area (Å²) in [7, 11) is 1.94. The summed E-state index contributed by atoms with van der Waals surface area (Å²) in [5.41, 5.74) is 0. The molecule has 2 heterocycles. The molecule has 0 aliphatic rings. The van der Waals surface area contributed by atoms with E-state index < -0.39 is 0 Å².